The Labute approximate surface area is 293 Å². The van der Waals surface area contributed by atoms with Gasteiger partial charge in [-0.2, -0.15) is 74.6 Å². The fraction of sp³-hybridized carbons (Fsp3) is 0.548. The molecule has 0 saturated carbocycles. The quantitative estimate of drug-likeness (QED) is 0.0609. The van der Waals surface area contributed by atoms with Crippen LogP contribution in [-0.4, -0.2) is 78.9 Å². The number of ether oxygens (including phenoxy) is 4. The Morgan fingerprint density at radius 2 is 1.02 bits per heavy atom. The monoisotopic (exact) mass is 818 g/mol. The molecule has 0 heterocycles. The van der Waals surface area contributed by atoms with Gasteiger partial charge in [-0.3, -0.25) is 0 Å². The Morgan fingerprint density at radius 1 is 0.574 bits per heavy atom. The third kappa shape index (κ3) is 9.01. The van der Waals surface area contributed by atoms with E-state index < -0.39 is 78.7 Å². The number of halogens is 17. The number of unbranched alkanes of at least 4 members (excludes halogenated alkanes) is 2. The van der Waals surface area contributed by atoms with Crippen molar-refractivity contribution in [1.29, 1.82) is 0 Å². The average Bonchev–Trinajstić information content (AvgIpc) is 3.06. The van der Waals surface area contributed by atoms with Gasteiger partial charge in [0, 0.05) is 0 Å². The number of carbonyl (C=O) groups is 2. The van der Waals surface area contributed by atoms with Crippen molar-refractivity contribution in [2.75, 3.05) is 13.2 Å². The highest BCUT2D eigenvalue weighted by Gasteiger charge is 2.95. The van der Waals surface area contributed by atoms with Gasteiger partial charge < -0.3 is 18.9 Å². The smallest absolute Gasteiger partial charge is 0.460 e. The van der Waals surface area contributed by atoms with Gasteiger partial charge in [0.25, 0.3) is 0 Å². The zero-order valence-corrected chi connectivity index (χ0v) is 27.3. The van der Waals surface area contributed by atoms with Gasteiger partial charge in [-0.1, -0.05) is 19.8 Å². The lowest BCUT2D eigenvalue weighted by molar-refractivity contribution is -0.461. The number of hydrogen-bond acceptors (Lipinski definition) is 6. The van der Waals surface area contributed by atoms with Crippen molar-refractivity contribution < 1.29 is 103 Å². The van der Waals surface area contributed by atoms with E-state index in [2.05, 4.69) is 4.74 Å². The van der Waals surface area contributed by atoms with Gasteiger partial charge in [0.15, 0.2) is 6.10 Å². The molecule has 2 aromatic carbocycles. The van der Waals surface area contributed by atoms with E-state index in [1.165, 1.54) is 24.3 Å². The lowest BCUT2D eigenvalue weighted by Gasteiger charge is -2.42. The summed E-state index contributed by atoms with van der Waals surface area (Å²) in [5.74, 6) is -59.7. The van der Waals surface area contributed by atoms with Crippen molar-refractivity contribution in [3.63, 3.8) is 0 Å². The Balaban J connectivity index is 2.03. The molecule has 0 aliphatic carbocycles. The molecule has 2 rings (SSSR count). The highest BCUT2D eigenvalue weighted by atomic mass is 19.4. The minimum absolute atomic E-state index is 0.0662. The van der Waals surface area contributed by atoms with E-state index in [0.717, 1.165) is 50.5 Å². The van der Waals surface area contributed by atoms with Crippen LogP contribution in [0.1, 0.15) is 49.9 Å². The number of carbonyl (C=O) groups excluding carboxylic acids is 2. The van der Waals surface area contributed by atoms with Crippen molar-refractivity contribution in [3.8, 4) is 17.2 Å². The molecule has 0 amide bonds. The molecule has 0 bridgehead atoms. The van der Waals surface area contributed by atoms with E-state index in [9.17, 15) is 84.2 Å². The fourth-order valence-corrected chi connectivity index (χ4v) is 3.98. The second-order valence-corrected chi connectivity index (χ2v) is 11.3. The van der Waals surface area contributed by atoms with Crippen LogP contribution >= 0.6 is 0 Å². The molecule has 306 valence electrons. The molecule has 0 aliphatic rings. The standard InChI is InChI=1S/C31H27F17O6/c1-3-4-5-15-51-19-8-6-18(7-9-19)23(50)54-21-12-10-20(11-13-21)53-17(2)22(49)52-16-14-24(32,33)25(34,35)26(36,37)27(38,39)28(40,41)29(42,43)30(44,45)31(46,47)48/h6-13,17H,3-5,14-16H2,1-2H3/t17-/m0/s1. The number of hydrogen-bond donors (Lipinski definition) is 0. The van der Waals surface area contributed by atoms with Gasteiger partial charge >= 0.3 is 59.6 Å². The fourth-order valence-electron chi connectivity index (χ4n) is 3.98. The lowest BCUT2D eigenvalue weighted by Crippen LogP contribution is -2.74. The predicted molar refractivity (Wildman–Crippen MR) is 149 cm³/mol. The van der Waals surface area contributed by atoms with E-state index >= 15 is 0 Å². The Kier molecular flexibility index (Phi) is 13.8. The van der Waals surface area contributed by atoms with Crippen LogP contribution in [0.3, 0.4) is 0 Å². The molecule has 0 saturated heterocycles. The highest BCUT2D eigenvalue weighted by molar-refractivity contribution is 5.91. The molecule has 23 heteroatoms. The molecule has 1 atom stereocenters. The number of esters is 2. The van der Waals surface area contributed by atoms with Crippen molar-refractivity contribution >= 4 is 11.9 Å². The summed E-state index contributed by atoms with van der Waals surface area (Å²) in [6, 6.07) is 10.4. The molecule has 0 unspecified atom stereocenters. The molecule has 0 aromatic heterocycles. The summed E-state index contributed by atoms with van der Waals surface area (Å²) in [5, 5.41) is 0. The first-order chi connectivity index (χ1) is 24.4. The zero-order valence-electron chi connectivity index (χ0n) is 27.3. The maximum absolute atomic E-state index is 14.1. The summed E-state index contributed by atoms with van der Waals surface area (Å²) in [5.41, 5.74) is 0.124. The van der Waals surface area contributed by atoms with Gasteiger partial charge in [0.1, 0.15) is 17.2 Å². The van der Waals surface area contributed by atoms with Gasteiger partial charge in [-0.15, -0.1) is 0 Å². The second kappa shape index (κ2) is 16.3. The van der Waals surface area contributed by atoms with Gasteiger partial charge in [-0.05, 0) is 61.9 Å². The molecule has 54 heavy (non-hydrogen) atoms. The van der Waals surface area contributed by atoms with Crippen molar-refractivity contribution in [2.45, 2.75) is 93.3 Å². The Morgan fingerprint density at radius 3 is 1.50 bits per heavy atom. The largest absolute Gasteiger partial charge is 0.494 e. The van der Waals surface area contributed by atoms with Gasteiger partial charge in [-0.25, -0.2) is 9.59 Å². The van der Waals surface area contributed by atoms with Crippen LogP contribution in [0.4, 0.5) is 74.6 Å². The molecule has 0 N–H and O–H groups in total. The third-order valence-electron chi connectivity index (χ3n) is 7.23. The lowest BCUT2D eigenvalue weighted by atomic mass is 9.88. The van der Waals surface area contributed by atoms with E-state index in [0.29, 0.717) is 12.4 Å². The first kappa shape index (κ1) is 45.9. The van der Waals surface area contributed by atoms with Crippen LogP contribution in [0.15, 0.2) is 48.5 Å². The topological polar surface area (TPSA) is 71.1 Å². The first-order valence-electron chi connectivity index (χ1n) is 15.0. The van der Waals surface area contributed by atoms with Crippen LogP contribution < -0.4 is 14.2 Å². The highest BCUT2D eigenvalue weighted by Crippen LogP contribution is 2.64. The molecule has 6 nitrogen and oxygen atoms in total. The van der Waals surface area contributed by atoms with Crippen LogP contribution in [-0.2, 0) is 9.53 Å². The maximum Gasteiger partial charge on any atom is 0.460 e. The normalized spacial score (nSPS) is 14.4. The SMILES string of the molecule is CCCCCOc1ccc(C(=O)Oc2ccc(O[C@@H](C)C(=O)OCCC(F)(F)C(F)(F)C(F)(F)C(F)(F)C(F)(F)C(F)(F)C(F)(F)C(F)(F)F)cc2)cc1. The van der Waals surface area contributed by atoms with Crippen LogP contribution in [0.5, 0.6) is 17.2 Å². The number of benzene rings is 2. The summed E-state index contributed by atoms with van der Waals surface area (Å²) >= 11 is 0. The predicted octanol–water partition coefficient (Wildman–Crippen LogP) is 10.2. The van der Waals surface area contributed by atoms with Gasteiger partial charge in [0.05, 0.1) is 25.2 Å². The second-order valence-electron chi connectivity index (χ2n) is 11.3. The molecule has 0 aliphatic heterocycles. The minimum Gasteiger partial charge on any atom is -0.494 e. The summed E-state index contributed by atoms with van der Waals surface area (Å²) in [6.45, 7) is 1.21. The summed E-state index contributed by atoms with van der Waals surface area (Å²) in [6.07, 6.45) is -9.85. The maximum atomic E-state index is 14.1. The molecule has 2 aromatic rings. The zero-order chi connectivity index (χ0) is 41.8. The Hall–Kier alpha value is -4.21. The third-order valence-corrected chi connectivity index (χ3v) is 7.23. The first-order valence-corrected chi connectivity index (χ1v) is 15.0. The molecular weight excluding hydrogens is 791 g/mol. The van der Waals surface area contributed by atoms with Crippen LogP contribution in [0, 0.1) is 0 Å². The van der Waals surface area contributed by atoms with E-state index in [1.807, 2.05) is 6.92 Å². The average molecular weight is 819 g/mol. The number of alkyl halides is 17. The molecule has 0 fully saturated rings. The van der Waals surface area contributed by atoms with E-state index in [4.69, 9.17) is 14.2 Å². The van der Waals surface area contributed by atoms with E-state index in [1.54, 1.807) is 0 Å². The van der Waals surface area contributed by atoms with Crippen LogP contribution in [0.2, 0.25) is 0 Å². The Bertz CT molecular complexity index is 1560. The molecule has 0 radical (unpaired) electrons. The van der Waals surface area contributed by atoms with Gasteiger partial charge in [0.2, 0.25) is 0 Å². The van der Waals surface area contributed by atoms with E-state index in [-0.39, 0.29) is 17.1 Å². The molecular formula is C31H27F17O6. The summed E-state index contributed by atoms with van der Waals surface area (Å²) in [7, 11) is 0. The minimum atomic E-state index is -8.74. The number of rotatable bonds is 19. The van der Waals surface area contributed by atoms with Crippen LogP contribution in [0.25, 0.3) is 0 Å². The molecule has 0 spiro atoms. The van der Waals surface area contributed by atoms with Crippen molar-refractivity contribution in [3.05, 3.63) is 54.1 Å². The summed E-state index contributed by atoms with van der Waals surface area (Å²) < 4.78 is 248. The summed E-state index contributed by atoms with van der Waals surface area (Å²) in [4.78, 5) is 24.5. The van der Waals surface area contributed by atoms with Crippen molar-refractivity contribution in [1.82, 2.24) is 0 Å². The van der Waals surface area contributed by atoms with Crippen molar-refractivity contribution in [2.24, 2.45) is 0 Å².